The number of hydrogen-bond acceptors (Lipinski definition) is 4. The summed E-state index contributed by atoms with van der Waals surface area (Å²) < 4.78 is 5.65. The minimum atomic E-state index is 0.746. The van der Waals surface area contributed by atoms with E-state index in [1.807, 2.05) is 31.3 Å². The Morgan fingerprint density at radius 3 is 2.94 bits per heavy atom. The minimum Gasteiger partial charge on any atom is -0.439 e. The number of oxazole rings is 1. The van der Waals surface area contributed by atoms with Gasteiger partial charge in [-0.25, -0.2) is 4.98 Å². The first-order chi connectivity index (χ1) is 7.79. The molecule has 0 amide bonds. The van der Waals surface area contributed by atoms with Gasteiger partial charge in [-0.05, 0) is 26.2 Å². The third kappa shape index (κ3) is 2.59. The van der Waals surface area contributed by atoms with E-state index in [1.165, 1.54) is 0 Å². The molecule has 0 radical (unpaired) electrons. The van der Waals surface area contributed by atoms with Gasteiger partial charge in [0.1, 0.15) is 5.52 Å². The number of likely N-dealkylation sites (N-methyl/N-ethyl adjacent to an activating group) is 2. The Morgan fingerprint density at radius 1 is 1.38 bits per heavy atom. The van der Waals surface area contributed by atoms with E-state index < -0.39 is 0 Å². The van der Waals surface area contributed by atoms with Gasteiger partial charge < -0.3 is 9.73 Å². The molecule has 1 aromatic heterocycles. The topological polar surface area (TPSA) is 41.3 Å². The van der Waals surface area contributed by atoms with Crippen LogP contribution in [0.1, 0.15) is 5.89 Å². The smallest absolute Gasteiger partial charge is 0.209 e. The lowest BCUT2D eigenvalue weighted by Crippen LogP contribution is -2.27. The third-order valence-corrected chi connectivity index (χ3v) is 2.49. The summed E-state index contributed by atoms with van der Waals surface area (Å²) in [6.45, 7) is 2.70. The number of hydrogen-bond donors (Lipinski definition) is 1. The molecule has 0 unspecified atom stereocenters. The van der Waals surface area contributed by atoms with Crippen LogP contribution >= 0.6 is 0 Å². The molecule has 1 N–H and O–H groups in total. The summed E-state index contributed by atoms with van der Waals surface area (Å²) in [4.78, 5) is 6.61. The van der Waals surface area contributed by atoms with E-state index >= 15 is 0 Å². The van der Waals surface area contributed by atoms with Crippen LogP contribution in [0, 0.1) is 0 Å². The first-order valence-electron chi connectivity index (χ1n) is 5.47. The van der Waals surface area contributed by atoms with Gasteiger partial charge in [-0.2, -0.15) is 0 Å². The molecule has 0 spiro atoms. The first-order valence-corrected chi connectivity index (χ1v) is 5.47. The van der Waals surface area contributed by atoms with Crippen molar-refractivity contribution >= 4 is 11.1 Å². The van der Waals surface area contributed by atoms with Gasteiger partial charge in [0, 0.05) is 13.1 Å². The maximum absolute atomic E-state index is 5.65. The van der Waals surface area contributed by atoms with E-state index in [0.717, 1.165) is 36.6 Å². The van der Waals surface area contributed by atoms with Gasteiger partial charge in [0.05, 0.1) is 6.54 Å². The third-order valence-electron chi connectivity index (χ3n) is 2.49. The summed E-state index contributed by atoms with van der Waals surface area (Å²) in [5, 5.41) is 3.12. The Labute approximate surface area is 95.3 Å². The number of para-hydroxylation sites is 2. The van der Waals surface area contributed by atoms with Crippen molar-refractivity contribution in [2.45, 2.75) is 6.54 Å². The van der Waals surface area contributed by atoms with E-state index in [9.17, 15) is 0 Å². The SMILES string of the molecule is CNCCN(C)Cc1nc2ccccc2o1. The van der Waals surface area contributed by atoms with Gasteiger partial charge in [0.25, 0.3) is 0 Å². The summed E-state index contributed by atoms with van der Waals surface area (Å²) in [5.74, 6) is 0.778. The number of fused-ring (bicyclic) bond motifs is 1. The second-order valence-corrected chi connectivity index (χ2v) is 3.92. The summed E-state index contributed by atoms with van der Waals surface area (Å²) >= 11 is 0. The van der Waals surface area contributed by atoms with E-state index in [-0.39, 0.29) is 0 Å². The van der Waals surface area contributed by atoms with Gasteiger partial charge in [-0.3, -0.25) is 4.90 Å². The molecular formula is C12H17N3O. The molecule has 0 atom stereocenters. The molecule has 0 aliphatic heterocycles. The van der Waals surface area contributed by atoms with Crippen molar-refractivity contribution in [1.29, 1.82) is 0 Å². The van der Waals surface area contributed by atoms with Crippen LogP contribution in [-0.4, -0.2) is 37.1 Å². The highest BCUT2D eigenvalue weighted by Gasteiger charge is 2.07. The van der Waals surface area contributed by atoms with Crippen molar-refractivity contribution in [3.63, 3.8) is 0 Å². The molecule has 0 aliphatic rings. The molecule has 16 heavy (non-hydrogen) atoms. The molecule has 0 saturated carbocycles. The monoisotopic (exact) mass is 219 g/mol. The number of nitrogens with one attached hydrogen (secondary N) is 1. The van der Waals surface area contributed by atoms with Crippen LogP contribution < -0.4 is 5.32 Å². The summed E-state index contributed by atoms with van der Waals surface area (Å²) in [7, 11) is 4.01. The first kappa shape index (κ1) is 11.1. The fourth-order valence-corrected chi connectivity index (χ4v) is 1.60. The molecule has 4 nitrogen and oxygen atoms in total. The highest BCUT2D eigenvalue weighted by molar-refractivity contribution is 5.72. The van der Waals surface area contributed by atoms with E-state index in [2.05, 4.69) is 22.2 Å². The summed E-state index contributed by atoms with van der Waals surface area (Å²) in [6, 6.07) is 7.84. The second kappa shape index (κ2) is 5.09. The molecule has 2 rings (SSSR count). The number of nitrogens with zero attached hydrogens (tertiary/aromatic N) is 2. The number of rotatable bonds is 5. The van der Waals surface area contributed by atoms with Gasteiger partial charge >= 0.3 is 0 Å². The normalized spacial score (nSPS) is 11.4. The van der Waals surface area contributed by atoms with Crippen molar-refractivity contribution in [1.82, 2.24) is 15.2 Å². The van der Waals surface area contributed by atoms with Crippen LogP contribution in [0.4, 0.5) is 0 Å². The quantitative estimate of drug-likeness (QED) is 0.827. The van der Waals surface area contributed by atoms with Crippen LogP contribution in [0.5, 0.6) is 0 Å². The number of aromatic nitrogens is 1. The van der Waals surface area contributed by atoms with Crippen LogP contribution in [0.3, 0.4) is 0 Å². The maximum Gasteiger partial charge on any atom is 0.209 e. The van der Waals surface area contributed by atoms with Gasteiger partial charge in [0.2, 0.25) is 5.89 Å². The lowest BCUT2D eigenvalue weighted by atomic mass is 10.3. The summed E-state index contributed by atoms with van der Waals surface area (Å²) in [5.41, 5.74) is 1.79. The van der Waals surface area contributed by atoms with E-state index in [0.29, 0.717) is 0 Å². The maximum atomic E-state index is 5.65. The van der Waals surface area contributed by atoms with E-state index in [4.69, 9.17) is 4.42 Å². The Balaban J connectivity index is 2.03. The molecule has 0 saturated heterocycles. The van der Waals surface area contributed by atoms with Gasteiger partial charge in [0.15, 0.2) is 5.58 Å². The van der Waals surface area contributed by atoms with Crippen molar-refractivity contribution in [2.24, 2.45) is 0 Å². The Bertz CT molecular complexity index is 419. The molecule has 0 fully saturated rings. The molecule has 2 aromatic rings. The van der Waals surface area contributed by atoms with Crippen molar-refractivity contribution < 1.29 is 4.42 Å². The van der Waals surface area contributed by atoms with Crippen molar-refractivity contribution in [3.8, 4) is 0 Å². The van der Waals surface area contributed by atoms with Crippen LogP contribution in [0.2, 0.25) is 0 Å². The van der Waals surface area contributed by atoms with Crippen LogP contribution in [-0.2, 0) is 6.54 Å². The number of benzene rings is 1. The van der Waals surface area contributed by atoms with Crippen molar-refractivity contribution in [2.75, 3.05) is 27.2 Å². The average molecular weight is 219 g/mol. The summed E-state index contributed by atoms with van der Waals surface area (Å²) in [6.07, 6.45) is 0. The predicted molar refractivity (Wildman–Crippen MR) is 64.3 cm³/mol. The molecule has 0 aliphatic carbocycles. The zero-order chi connectivity index (χ0) is 11.4. The zero-order valence-corrected chi connectivity index (χ0v) is 9.73. The van der Waals surface area contributed by atoms with Gasteiger partial charge in [-0.1, -0.05) is 12.1 Å². The average Bonchev–Trinajstić information content (AvgIpc) is 2.68. The molecule has 4 heteroatoms. The lowest BCUT2D eigenvalue weighted by Gasteiger charge is -2.13. The predicted octanol–water partition coefficient (Wildman–Crippen LogP) is 1.48. The van der Waals surface area contributed by atoms with Gasteiger partial charge in [-0.15, -0.1) is 0 Å². The molecule has 0 bridgehead atoms. The highest BCUT2D eigenvalue weighted by Crippen LogP contribution is 2.15. The second-order valence-electron chi connectivity index (χ2n) is 3.92. The van der Waals surface area contributed by atoms with Crippen LogP contribution in [0.25, 0.3) is 11.1 Å². The Hall–Kier alpha value is -1.39. The highest BCUT2D eigenvalue weighted by atomic mass is 16.3. The Morgan fingerprint density at radius 2 is 2.19 bits per heavy atom. The minimum absolute atomic E-state index is 0.746. The molecule has 1 heterocycles. The van der Waals surface area contributed by atoms with Crippen molar-refractivity contribution in [3.05, 3.63) is 30.2 Å². The lowest BCUT2D eigenvalue weighted by molar-refractivity contribution is 0.294. The van der Waals surface area contributed by atoms with E-state index in [1.54, 1.807) is 0 Å². The molecular weight excluding hydrogens is 202 g/mol. The molecule has 86 valence electrons. The Kier molecular flexibility index (Phi) is 3.54. The fraction of sp³-hybridized carbons (Fsp3) is 0.417. The van der Waals surface area contributed by atoms with Crippen LogP contribution in [0.15, 0.2) is 28.7 Å². The zero-order valence-electron chi connectivity index (χ0n) is 9.73. The fourth-order valence-electron chi connectivity index (χ4n) is 1.60. The molecule has 1 aromatic carbocycles. The largest absolute Gasteiger partial charge is 0.439 e. The standard InChI is InChI=1S/C12H17N3O/c1-13-7-8-15(2)9-12-14-10-5-3-4-6-11(10)16-12/h3-6,13H,7-9H2,1-2H3.